The Morgan fingerprint density at radius 3 is 2.61 bits per heavy atom. The van der Waals surface area contributed by atoms with Gasteiger partial charge in [0.05, 0.1) is 33.3 Å². The molecule has 0 aliphatic heterocycles. The molecule has 0 radical (unpaired) electrons. The number of rotatable bonds is 5. The molecule has 7 heteroatoms. The van der Waals surface area contributed by atoms with E-state index in [2.05, 4.69) is 16.5 Å². The van der Waals surface area contributed by atoms with Crippen LogP contribution in [0.15, 0.2) is 65.1 Å². The minimum Gasteiger partial charge on any atom is -0.283 e. The molecule has 0 fully saturated rings. The van der Waals surface area contributed by atoms with Crippen molar-refractivity contribution in [2.75, 3.05) is 0 Å². The highest BCUT2D eigenvalue weighted by molar-refractivity contribution is 7.98. The van der Waals surface area contributed by atoms with Crippen LogP contribution in [0.1, 0.15) is 11.4 Å². The SMILES string of the molecule is C=CCn1c(SCc2nc3ccccc3nc2C)nc2cc(Cl)ccc2c1=O. The highest BCUT2D eigenvalue weighted by atomic mass is 35.5. The average Bonchev–Trinajstić information content (AvgIpc) is 2.68. The number of para-hydroxylation sites is 2. The maximum Gasteiger partial charge on any atom is 0.262 e. The van der Waals surface area contributed by atoms with E-state index in [0.29, 0.717) is 33.4 Å². The van der Waals surface area contributed by atoms with Crippen LogP contribution in [0.25, 0.3) is 21.9 Å². The van der Waals surface area contributed by atoms with Crippen LogP contribution in [0.5, 0.6) is 0 Å². The fourth-order valence-corrected chi connectivity index (χ4v) is 4.15. The second-order valence-corrected chi connectivity index (χ2v) is 7.67. The van der Waals surface area contributed by atoms with Crippen LogP contribution in [-0.2, 0) is 12.3 Å². The maximum absolute atomic E-state index is 12.9. The number of hydrogen-bond acceptors (Lipinski definition) is 5. The molecule has 0 aliphatic carbocycles. The van der Waals surface area contributed by atoms with Gasteiger partial charge in [-0.25, -0.2) is 15.0 Å². The quantitative estimate of drug-likeness (QED) is 0.270. The minimum absolute atomic E-state index is 0.106. The average molecular weight is 409 g/mol. The van der Waals surface area contributed by atoms with Crippen molar-refractivity contribution < 1.29 is 0 Å². The Morgan fingerprint density at radius 1 is 1.11 bits per heavy atom. The number of aryl methyl sites for hydroxylation is 1. The Balaban J connectivity index is 1.75. The monoisotopic (exact) mass is 408 g/mol. The Labute approximate surface area is 171 Å². The molecule has 0 unspecified atom stereocenters. The van der Waals surface area contributed by atoms with Crippen LogP contribution in [-0.4, -0.2) is 19.5 Å². The molecule has 0 aliphatic rings. The summed E-state index contributed by atoms with van der Waals surface area (Å²) in [6, 6.07) is 12.9. The number of nitrogens with zero attached hydrogens (tertiary/aromatic N) is 4. The van der Waals surface area contributed by atoms with Crippen LogP contribution >= 0.6 is 23.4 Å². The summed E-state index contributed by atoms with van der Waals surface area (Å²) in [4.78, 5) is 26.9. The smallest absolute Gasteiger partial charge is 0.262 e. The van der Waals surface area contributed by atoms with Gasteiger partial charge in [0.15, 0.2) is 5.16 Å². The molecule has 2 aromatic carbocycles. The fourth-order valence-electron chi connectivity index (χ4n) is 2.97. The topological polar surface area (TPSA) is 60.7 Å². The molecule has 0 spiro atoms. The second kappa shape index (κ2) is 7.73. The lowest BCUT2D eigenvalue weighted by molar-refractivity contribution is 0.671. The molecule has 0 saturated carbocycles. The lowest BCUT2D eigenvalue weighted by atomic mass is 10.2. The molecule has 4 rings (SSSR count). The summed E-state index contributed by atoms with van der Waals surface area (Å²) in [5.41, 5.74) is 3.94. The van der Waals surface area contributed by atoms with E-state index in [-0.39, 0.29) is 5.56 Å². The number of fused-ring (bicyclic) bond motifs is 2. The van der Waals surface area contributed by atoms with Gasteiger partial charge in [0.1, 0.15) is 0 Å². The van der Waals surface area contributed by atoms with Gasteiger partial charge >= 0.3 is 0 Å². The van der Waals surface area contributed by atoms with Gasteiger partial charge in [-0.2, -0.15) is 0 Å². The zero-order chi connectivity index (χ0) is 19.7. The van der Waals surface area contributed by atoms with Crippen molar-refractivity contribution in [1.29, 1.82) is 0 Å². The molecule has 0 saturated heterocycles. The van der Waals surface area contributed by atoms with Crippen molar-refractivity contribution in [3.05, 3.63) is 81.9 Å². The highest BCUT2D eigenvalue weighted by Crippen LogP contribution is 2.24. The van der Waals surface area contributed by atoms with E-state index in [1.54, 1.807) is 28.8 Å². The third kappa shape index (κ3) is 3.53. The van der Waals surface area contributed by atoms with Crippen molar-refractivity contribution in [2.24, 2.45) is 0 Å². The van der Waals surface area contributed by atoms with Gasteiger partial charge in [-0.1, -0.05) is 41.6 Å². The Bertz CT molecular complexity index is 1270. The molecule has 5 nitrogen and oxygen atoms in total. The minimum atomic E-state index is -0.106. The van der Waals surface area contributed by atoms with E-state index in [0.717, 1.165) is 22.4 Å². The first-order valence-corrected chi connectivity index (χ1v) is 10.1. The van der Waals surface area contributed by atoms with Crippen molar-refractivity contribution in [3.63, 3.8) is 0 Å². The molecular formula is C21H17ClN4OS. The first-order valence-electron chi connectivity index (χ1n) is 8.73. The first kappa shape index (κ1) is 18.7. The van der Waals surface area contributed by atoms with Crippen LogP contribution in [0.2, 0.25) is 5.02 Å². The maximum atomic E-state index is 12.9. The predicted octanol–water partition coefficient (Wildman–Crippen LogP) is 4.78. The van der Waals surface area contributed by atoms with E-state index in [1.807, 2.05) is 31.2 Å². The van der Waals surface area contributed by atoms with Crippen LogP contribution in [0.4, 0.5) is 0 Å². The largest absolute Gasteiger partial charge is 0.283 e. The van der Waals surface area contributed by atoms with Crippen LogP contribution < -0.4 is 5.56 Å². The lowest BCUT2D eigenvalue weighted by Crippen LogP contribution is -2.22. The Kier molecular flexibility index (Phi) is 5.15. The van der Waals surface area contributed by atoms with Gasteiger partial charge in [0.2, 0.25) is 0 Å². The molecule has 0 amide bonds. The molecule has 0 bridgehead atoms. The number of allylic oxidation sites excluding steroid dienone is 1. The standard InChI is InChI=1S/C21H17ClN4OS/c1-3-10-26-20(27)15-9-8-14(22)11-18(15)25-21(26)28-12-19-13(2)23-16-6-4-5-7-17(16)24-19/h3-9,11H,1,10,12H2,2H3. The van der Waals surface area contributed by atoms with Crippen molar-refractivity contribution in [3.8, 4) is 0 Å². The summed E-state index contributed by atoms with van der Waals surface area (Å²) < 4.78 is 1.62. The zero-order valence-corrected chi connectivity index (χ0v) is 16.8. The van der Waals surface area contributed by atoms with Gasteiger partial charge < -0.3 is 0 Å². The summed E-state index contributed by atoms with van der Waals surface area (Å²) in [5.74, 6) is 0.555. The molecule has 140 valence electrons. The highest BCUT2D eigenvalue weighted by Gasteiger charge is 2.13. The van der Waals surface area contributed by atoms with Crippen molar-refractivity contribution >= 4 is 45.3 Å². The van der Waals surface area contributed by atoms with E-state index < -0.39 is 0 Å². The predicted molar refractivity (Wildman–Crippen MR) is 115 cm³/mol. The van der Waals surface area contributed by atoms with Crippen LogP contribution in [0, 0.1) is 6.92 Å². The summed E-state index contributed by atoms with van der Waals surface area (Å²) in [7, 11) is 0. The Morgan fingerprint density at radius 2 is 1.86 bits per heavy atom. The van der Waals surface area contributed by atoms with E-state index in [4.69, 9.17) is 16.6 Å². The van der Waals surface area contributed by atoms with Gasteiger partial charge in [-0.3, -0.25) is 9.36 Å². The third-order valence-electron chi connectivity index (χ3n) is 4.37. The second-order valence-electron chi connectivity index (χ2n) is 6.29. The molecule has 2 aromatic heterocycles. The fraction of sp³-hybridized carbons (Fsp3) is 0.143. The molecule has 4 aromatic rings. The summed E-state index contributed by atoms with van der Waals surface area (Å²) >= 11 is 7.54. The molecule has 0 atom stereocenters. The third-order valence-corrected chi connectivity index (χ3v) is 5.60. The van der Waals surface area contributed by atoms with Crippen LogP contribution in [0.3, 0.4) is 0 Å². The van der Waals surface area contributed by atoms with Gasteiger partial charge in [0, 0.05) is 17.3 Å². The normalized spacial score (nSPS) is 11.2. The Hall–Kier alpha value is -2.70. The summed E-state index contributed by atoms with van der Waals surface area (Å²) in [5, 5.41) is 1.69. The number of hydrogen-bond donors (Lipinski definition) is 0. The number of aromatic nitrogens is 4. The van der Waals surface area contributed by atoms with Gasteiger partial charge in [-0.15, -0.1) is 6.58 Å². The first-order chi connectivity index (χ1) is 13.6. The number of halogens is 1. The van der Waals surface area contributed by atoms with E-state index in [9.17, 15) is 4.79 Å². The number of thioether (sulfide) groups is 1. The lowest BCUT2D eigenvalue weighted by Gasteiger charge is -2.12. The summed E-state index contributed by atoms with van der Waals surface area (Å²) in [6.45, 7) is 6.09. The molecular weight excluding hydrogens is 392 g/mol. The molecule has 0 N–H and O–H groups in total. The van der Waals surface area contributed by atoms with Crippen molar-refractivity contribution in [1.82, 2.24) is 19.5 Å². The molecule has 28 heavy (non-hydrogen) atoms. The van der Waals surface area contributed by atoms with Gasteiger partial charge in [-0.05, 0) is 37.3 Å². The number of benzene rings is 2. The summed E-state index contributed by atoms with van der Waals surface area (Å²) in [6.07, 6.45) is 1.69. The van der Waals surface area contributed by atoms with E-state index >= 15 is 0 Å². The zero-order valence-electron chi connectivity index (χ0n) is 15.2. The molecule has 2 heterocycles. The van der Waals surface area contributed by atoms with E-state index in [1.165, 1.54) is 11.8 Å². The van der Waals surface area contributed by atoms with Crippen molar-refractivity contribution in [2.45, 2.75) is 24.4 Å². The van der Waals surface area contributed by atoms with Gasteiger partial charge in [0.25, 0.3) is 5.56 Å².